The molecule has 2 N–H and O–H groups in total. The van der Waals surface area contributed by atoms with E-state index in [2.05, 4.69) is 91.6 Å². The van der Waals surface area contributed by atoms with E-state index in [9.17, 15) is 0 Å². The van der Waals surface area contributed by atoms with E-state index in [1.165, 1.54) is 110 Å². The van der Waals surface area contributed by atoms with Crippen LogP contribution in [0.25, 0.3) is 16.8 Å². The minimum Gasteiger partial charge on any atom is -0.381 e. The molecule has 2 aliphatic carbocycles. The summed E-state index contributed by atoms with van der Waals surface area (Å²) < 4.78 is 0. The Kier molecular flexibility index (Phi) is 10.3. The van der Waals surface area contributed by atoms with Crippen molar-refractivity contribution in [3.63, 3.8) is 0 Å². The number of nitrogens with zero attached hydrogens (tertiary/aromatic N) is 2. The number of anilines is 1. The molecule has 1 atom stereocenters. The number of halogens is 1. The van der Waals surface area contributed by atoms with Gasteiger partial charge in [0.25, 0.3) is 0 Å². The highest BCUT2D eigenvalue weighted by atomic mass is 35.5. The predicted octanol–water partition coefficient (Wildman–Crippen LogP) is 10.2. The van der Waals surface area contributed by atoms with Crippen molar-refractivity contribution < 1.29 is 0 Å². The third kappa shape index (κ3) is 6.58. The Morgan fingerprint density at radius 1 is 1.02 bits per heavy atom. The van der Waals surface area contributed by atoms with E-state index in [0.29, 0.717) is 18.6 Å². The molecule has 2 aromatic carbocycles. The highest BCUT2D eigenvalue weighted by Gasteiger charge is 2.30. The van der Waals surface area contributed by atoms with Crippen molar-refractivity contribution in [2.75, 3.05) is 31.1 Å². The molecular formula is C41H55ClN4. The maximum absolute atomic E-state index is 7.50. The first kappa shape index (κ1) is 33.0. The summed E-state index contributed by atoms with van der Waals surface area (Å²) in [5.41, 5.74) is 14.4. The van der Waals surface area contributed by atoms with Crippen LogP contribution in [0.1, 0.15) is 113 Å². The first-order valence-electron chi connectivity index (χ1n) is 18.1. The van der Waals surface area contributed by atoms with E-state index < -0.39 is 0 Å². The van der Waals surface area contributed by atoms with Crippen LogP contribution < -0.4 is 15.5 Å². The lowest BCUT2D eigenvalue weighted by Crippen LogP contribution is -2.37. The van der Waals surface area contributed by atoms with Gasteiger partial charge in [0.2, 0.25) is 0 Å². The Balaban J connectivity index is 1.38. The zero-order valence-corrected chi connectivity index (χ0v) is 29.6. The Bertz CT molecular complexity index is 1540. The molecule has 46 heavy (non-hydrogen) atoms. The molecule has 1 unspecified atom stereocenters. The van der Waals surface area contributed by atoms with Crippen molar-refractivity contribution in [2.45, 2.75) is 110 Å². The van der Waals surface area contributed by atoms with Gasteiger partial charge in [-0.15, -0.1) is 0 Å². The van der Waals surface area contributed by atoms with Gasteiger partial charge < -0.3 is 15.5 Å². The third-order valence-corrected chi connectivity index (χ3v) is 11.5. The summed E-state index contributed by atoms with van der Waals surface area (Å²) in [6, 6.07) is 10.7. The van der Waals surface area contributed by atoms with Crippen molar-refractivity contribution in [1.82, 2.24) is 15.5 Å². The lowest BCUT2D eigenvalue weighted by atomic mass is 9.90. The average molecular weight is 639 g/mol. The molecule has 0 bridgehead atoms. The first-order valence-corrected chi connectivity index (χ1v) is 18.4. The van der Waals surface area contributed by atoms with Gasteiger partial charge in [0, 0.05) is 59.1 Å². The number of dihydropyridines is 1. The molecule has 0 spiro atoms. The number of fused-ring (bicyclic) bond motifs is 1. The molecule has 0 aromatic heterocycles. The smallest absolute Gasteiger partial charge is 0.0581 e. The number of likely N-dealkylation sites (tertiary alicyclic amines) is 1. The van der Waals surface area contributed by atoms with Crippen LogP contribution in [-0.4, -0.2) is 37.1 Å². The van der Waals surface area contributed by atoms with Gasteiger partial charge in [-0.05, 0) is 124 Å². The van der Waals surface area contributed by atoms with Crippen LogP contribution in [0.5, 0.6) is 0 Å². The van der Waals surface area contributed by atoms with Gasteiger partial charge in [-0.2, -0.15) is 0 Å². The SMILES string of the molecule is C=C1NC(C)=CC(CC)=C1CNC(=C)c1c(C)c(N(CC)C2CCCCC2)cc(-c2ccc3c(c2)CCC3N2CCCCC2)c1Cl. The minimum absolute atomic E-state index is 0.565. The molecule has 2 aliphatic heterocycles. The highest BCUT2D eigenvalue weighted by Crippen LogP contribution is 2.45. The van der Waals surface area contributed by atoms with Gasteiger partial charge in [-0.1, -0.05) is 75.6 Å². The van der Waals surface area contributed by atoms with E-state index in [1.807, 2.05) is 0 Å². The van der Waals surface area contributed by atoms with E-state index >= 15 is 0 Å². The van der Waals surface area contributed by atoms with Crippen LogP contribution in [-0.2, 0) is 6.42 Å². The number of hydrogen-bond acceptors (Lipinski definition) is 4. The van der Waals surface area contributed by atoms with Gasteiger partial charge >= 0.3 is 0 Å². The number of nitrogens with one attached hydrogen (secondary N) is 2. The maximum Gasteiger partial charge on any atom is 0.0581 e. The molecule has 0 amide bonds. The molecule has 0 radical (unpaired) electrons. The fourth-order valence-electron chi connectivity index (χ4n) is 8.70. The summed E-state index contributed by atoms with van der Waals surface area (Å²) in [6.07, 6.45) is 16.1. The van der Waals surface area contributed by atoms with Gasteiger partial charge in [0.05, 0.1) is 5.02 Å². The van der Waals surface area contributed by atoms with Gasteiger partial charge in [0.15, 0.2) is 0 Å². The van der Waals surface area contributed by atoms with Crippen molar-refractivity contribution in [3.05, 3.63) is 93.3 Å². The summed E-state index contributed by atoms with van der Waals surface area (Å²) in [6.45, 7) is 21.9. The average Bonchev–Trinajstić information content (AvgIpc) is 3.49. The normalized spacial score (nSPS) is 20.8. The Hall–Kier alpha value is -2.95. The molecule has 4 aliphatic rings. The lowest BCUT2D eigenvalue weighted by Gasteiger charge is -2.37. The summed E-state index contributed by atoms with van der Waals surface area (Å²) in [4.78, 5) is 5.39. The maximum atomic E-state index is 7.50. The van der Waals surface area contributed by atoms with Crippen LogP contribution in [0, 0.1) is 6.92 Å². The summed E-state index contributed by atoms with van der Waals surface area (Å²) in [5, 5.41) is 7.92. The Labute approximate surface area is 283 Å². The minimum atomic E-state index is 0.565. The number of benzene rings is 2. The summed E-state index contributed by atoms with van der Waals surface area (Å²) >= 11 is 7.50. The number of aryl methyl sites for hydroxylation is 1. The van der Waals surface area contributed by atoms with Crippen LogP contribution in [0.4, 0.5) is 5.69 Å². The molecule has 1 saturated carbocycles. The number of hydrogen-bond donors (Lipinski definition) is 2. The molecule has 2 fully saturated rings. The van der Waals surface area contributed by atoms with E-state index in [4.69, 9.17) is 11.6 Å². The first-order chi connectivity index (χ1) is 22.3. The van der Waals surface area contributed by atoms with Crippen molar-refractivity contribution in [3.8, 4) is 11.1 Å². The topological polar surface area (TPSA) is 30.5 Å². The van der Waals surface area contributed by atoms with E-state index in [1.54, 1.807) is 0 Å². The molecule has 4 nitrogen and oxygen atoms in total. The van der Waals surface area contributed by atoms with Crippen molar-refractivity contribution in [1.29, 1.82) is 0 Å². The monoisotopic (exact) mass is 638 g/mol. The molecular weight excluding hydrogens is 584 g/mol. The Morgan fingerprint density at radius 2 is 1.76 bits per heavy atom. The van der Waals surface area contributed by atoms with Gasteiger partial charge in [-0.3, -0.25) is 4.90 Å². The van der Waals surface area contributed by atoms with Crippen molar-refractivity contribution in [2.24, 2.45) is 0 Å². The summed E-state index contributed by atoms with van der Waals surface area (Å²) in [7, 11) is 0. The zero-order valence-electron chi connectivity index (χ0n) is 28.8. The fraction of sp³-hybridized carbons (Fsp3) is 0.512. The quantitative estimate of drug-likeness (QED) is 0.271. The molecule has 1 saturated heterocycles. The molecule has 2 aromatic rings. The van der Waals surface area contributed by atoms with Crippen molar-refractivity contribution >= 4 is 23.0 Å². The second kappa shape index (κ2) is 14.4. The zero-order chi connectivity index (χ0) is 32.4. The molecule has 5 heteroatoms. The number of allylic oxidation sites excluding steroid dienone is 3. The number of piperidine rings is 1. The second-order valence-electron chi connectivity index (χ2n) is 14.0. The largest absolute Gasteiger partial charge is 0.381 e. The van der Waals surface area contributed by atoms with E-state index in [-0.39, 0.29) is 0 Å². The summed E-state index contributed by atoms with van der Waals surface area (Å²) in [5.74, 6) is 0. The van der Waals surface area contributed by atoms with Crippen LogP contribution >= 0.6 is 11.6 Å². The van der Waals surface area contributed by atoms with Crippen LogP contribution in [0.2, 0.25) is 5.02 Å². The lowest BCUT2D eigenvalue weighted by molar-refractivity contribution is 0.163. The van der Waals surface area contributed by atoms with Gasteiger partial charge in [-0.25, -0.2) is 0 Å². The van der Waals surface area contributed by atoms with Crippen LogP contribution in [0.15, 0.2) is 66.0 Å². The van der Waals surface area contributed by atoms with E-state index in [0.717, 1.165) is 52.6 Å². The van der Waals surface area contributed by atoms with Gasteiger partial charge in [0.1, 0.15) is 0 Å². The fourth-order valence-corrected chi connectivity index (χ4v) is 9.12. The molecule has 246 valence electrons. The second-order valence-corrected chi connectivity index (χ2v) is 14.4. The highest BCUT2D eigenvalue weighted by molar-refractivity contribution is 6.35. The molecule has 2 heterocycles. The standard InChI is InChI=1S/C41H55ClN4/c1-7-31-23-27(3)44-29(5)37(31)26-43-30(6)40-28(4)39(46(8-2)34-15-11-9-12-16-34)25-36(41(40)42)33-17-19-35-32(24-33)18-20-38(35)45-21-13-10-14-22-45/h17,19,23-25,34,38,43-44H,5-16,18,20-22,26H2,1-4H3. The van der Waals surface area contributed by atoms with Crippen LogP contribution in [0.3, 0.4) is 0 Å². The Morgan fingerprint density at radius 3 is 2.48 bits per heavy atom. The molecule has 6 rings (SSSR count). The predicted molar refractivity (Wildman–Crippen MR) is 198 cm³/mol. The third-order valence-electron chi connectivity index (χ3n) is 11.1. The number of rotatable bonds is 10.